The van der Waals surface area contributed by atoms with Gasteiger partial charge in [-0.25, -0.2) is 0 Å². The lowest BCUT2D eigenvalue weighted by Crippen LogP contribution is -2.57. The molecule has 0 unspecified atom stereocenters. The second kappa shape index (κ2) is 20.7. The Hall–Kier alpha value is -5.51. The zero-order valence-electron chi connectivity index (χ0n) is 27.7. The van der Waals surface area contributed by atoms with Crippen LogP contribution in [0.1, 0.15) is 62.2 Å². The van der Waals surface area contributed by atoms with Crippen molar-refractivity contribution in [2.75, 3.05) is 13.1 Å². The lowest BCUT2D eigenvalue weighted by atomic mass is 10.0. The first kappa shape index (κ1) is 39.7. The molecule has 0 saturated carbocycles. The maximum Gasteiger partial charge on any atom is 0.251 e. The Bertz CT molecular complexity index is 1450. The summed E-state index contributed by atoms with van der Waals surface area (Å²) in [7, 11) is 0. The van der Waals surface area contributed by atoms with Crippen LogP contribution in [-0.2, 0) is 24.0 Å². The van der Waals surface area contributed by atoms with Crippen molar-refractivity contribution in [2.24, 2.45) is 33.7 Å². The molecule has 0 radical (unpaired) electrons. The van der Waals surface area contributed by atoms with Gasteiger partial charge in [-0.05, 0) is 75.3 Å². The van der Waals surface area contributed by atoms with Crippen LogP contribution >= 0.6 is 0 Å². The predicted molar refractivity (Wildman–Crippen MR) is 185 cm³/mol. The molecule has 0 fully saturated rings. The van der Waals surface area contributed by atoms with Gasteiger partial charge in [-0.1, -0.05) is 42.5 Å². The summed E-state index contributed by atoms with van der Waals surface area (Å²) in [6.07, 6.45) is 1.19. The summed E-state index contributed by atoms with van der Waals surface area (Å²) in [5.41, 5.74) is 29.3. The monoisotopic (exact) mass is 680 g/mol. The van der Waals surface area contributed by atoms with E-state index in [0.29, 0.717) is 24.9 Å². The van der Waals surface area contributed by atoms with Crippen molar-refractivity contribution in [3.63, 3.8) is 0 Å². The topological polar surface area (TPSA) is 293 Å². The van der Waals surface area contributed by atoms with E-state index in [1.54, 1.807) is 24.3 Å². The molecule has 2 aromatic carbocycles. The molecular formula is C33H48N10O6. The van der Waals surface area contributed by atoms with Gasteiger partial charge in [0, 0.05) is 18.5 Å². The SMILES string of the molecule is C[C@H](NC(=O)c1ccc(-c2ccccc2)cc1)C(=O)N[C@@H](CCCN=C(N)N)C(=O)N[C@@H](CCC(N)=O)C(=O)N[C@@H](CCCCN)C(N)=O. The number of amides is 6. The van der Waals surface area contributed by atoms with Gasteiger partial charge >= 0.3 is 0 Å². The van der Waals surface area contributed by atoms with E-state index in [2.05, 4.69) is 26.3 Å². The molecule has 16 nitrogen and oxygen atoms in total. The molecular weight excluding hydrogens is 632 g/mol. The number of nitrogens with zero attached hydrogens (tertiary/aromatic N) is 1. The lowest BCUT2D eigenvalue weighted by Gasteiger charge is -2.25. The summed E-state index contributed by atoms with van der Waals surface area (Å²) in [6.45, 7) is 1.98. The Labute approximate surface area is 285 Å². The van der Waals surface area contributed by atoms with Gasteiger partial charge in [-0.2, -0.15) is 0 Å². The van der Waals surface area contributed by atoms with Crippen molar-refractivity contribution < 1.29 is 28.8 Å². The normalized spacial score (nSPS) is 13.1. The molecule has 0 aliphatic heterocycles. The highest BCUT2D eigenvalue weighted by Crippen LogP contribution is 2.19. The fourth-order valence-electron chi connectivity index (χ4n) is 4.74. The fourth-order valence-corrected chi connectivity index (χ4v) is 4.74. The first-order chi connectivity index (χ1) is 23.3. The Balaban J connectivity index is 2.16. The van der Waals surface area contributed by atoms with E-state index in [4.69, 9.17) is 28.7 Å². The molecule has 6 amide bonds. The molecule has 0 heterocycles. The van der Waals surface area contributed by atoms with Gasteiger partial charge in [0.2, 0.25) is 29.5 Å². The Morgan fingerprint density at radius 1 is 0.653 bits per heavy atom. The highest BCUT2D eigenvalue weighted by molar-refractivity contribution is 5.99. The van der Waals surface area contributed by atoms with Gasteiger partial charge in [0.05, 0.1) is 0 Å². The summed E-state index contributed by atoms with van der Waals surface area (Å²) < 4.78 is 0. The maximum absolute atomic E-state index is 13.5. The first-order valence-electron chi connectivity index (χ1n) is 16.0. The minimum atomic E-state index is -1.30. The molecule has 16 heteroatoms. The van der Waals surface area contributed by atoms with E-state index >= 15 is 0 Å². The molecule has 2 rings (SSSR count). The van der Waals surface area contributed by atoms with Crippen molar-refractivity contribution in [1.82, 2.24) is 21.3 Å². The van der Waals surface area contributed by atoms with Crippen LogP contribution in [-0.4, -0.2) is 78.7 Å². The summed E-state index contributed by atoms with van der Waals surface area (Å²) in [5.74, 6) is -4.37. The fraction of sp³-hybridized carbons (Fsp3) is 0.424. The molecule has 49 heavy (non-hydrogen) atoms. The van der Waals surface area contributed by atoms with E-state index < -0.39 is 59.6 Å². The Morgan fingerprint density at radius 3 is 1.78 bits per heavy atom. The van der Waals surface area contributed by atoms with Crippen molar-refractivity contribution in [2.45, 2.75) is 76.0 Å². The number of rotatable bonds is 21. The Morgan fingerprint density at radius 2 is 1.20 bits per heavy atom. The van der Waals surface area contributed by atoms with Crippen molar-refractivity contribution in [1.29, 1.82) is 0 Å². The highest BCUT2D eigenvalue weighted by atomic mass is 16.2. The van der Waals surface area contributed by atoms with Crippen molar-refractivity contribution in [3.05, 3.63) is 60.2 Å². The molecule has 4 atom stereocenters. The molecule has 0 aromatic heterocycles. The minimum Gasteiger partial charge on any atom is -0.370 e. The van der Waals surface area contributed by atoms with E-state index in [-0.39, 0.29) is 44.6 Å². The maximum atomic E-state index is 13.5. The van der Waals surface area contributed by atoms with E-state index in [0.717, 1.165) is 11.1 Å². The molecule has 0 aliphatic rings. The average molecular weight is 681 g/mol. The minimum absolute atomic E-state index is 0.0448. The van der Waals surface area contributed by atoms with Gasteiger partial charge in [0.15, 0.2) is 5.96 Å². The molecule has 0 bridgehead atoms. The number of benzene rings is 2. The smallest absolute Gasteiger partial charge is 0.251 e. The number of hydrogen-bond acceptors (Lipinski definition) is 8. The predicted octanol–water partition coefficient (Wildman–Crippen LogP) is -1.14. The largest absolute Gasteiger partial charge is 0.370 e. The van der Waals surface area contributed by atoms with Crippen LogP contribution in [0, 0.1) is 0 Å². The number of aliphatic imine (C=N–C) groups is 1. The van der Waals surface area contributed by atoms with Crippen molar-refractivity contribution in [3.8, 4) is 11.1 Å². The third-order valence-corrected chi connectivity index (χ3v) is 7.49. The van der Waals surface area contributed by atoms with Crippen LogP contribution in [0.15, 0.2) is 59.6 Å². The number of carbonyl (C=O) groups excluding carboxylic acids is 6. The first-order valence-corrected chi connectivity index (χ1v) is 16.0. The molecule has 0 spiro atoms. The zero-order chi connectivity index (χ0) is 36.3. The van der Waals surface area contributed by atoms with Gasteiger partial charge < -0.3 is 49.9 Å². The third-order valence-electron chi connectivity index (χ3n) is 7.49. The van der Waals surface area contributed by atoms with Crippen LogP contribution < -0.4 is 49.9 Å². The van der Waals surface area contributed by atoms with E-state index in [1.807, 2.05) is 30.3 Å². The summed E-state index contributed by atoms with van der Waals surface area (Å²) >= 11 is 0. The molecule has 0 saturated heterocycles. The quantitative estimate of drug-likeness (QED) is 0.0437. The number of carbonyl (C=O) groups is 6. The molecule has 0 aliphatic carbocycles. The number of nitrogens with two attached hydrogens (primary N) is 5. The number of unbranched alkanes of at least 4 members (excludes halogenated alkanes) is 1. The molecule has 2 aromatic rings. The second-order valence-electron chi connectivity index (χ2n) is 11.5. The van der Waals surface area contributed by atoms with Gasteiger partial charge in [-0.15, -0.1) is 0 Å². The van der Waals surface area contributed by atoms with Crippen LogP contribution in [0.2, 0.25) is 0 Å². The van der Waals surface area contributed by atoms with Crippen molar-refractivity contribution >= 4 is 41.4 Å². The van der Waals surface area contributed by atoms with Gasteiger partial charge in [0.1, 0.15) is 24.2 Å². The van der Waals surface area contributed by atoms with Gasteiger partial charge in [0.25, 0.3) is 5.91 Å². The summed E-state index contributed by atoms with van der Waals surface area (Å²) in [4.78, 5) is 80.3. The van der Waals surface area contributed by atoms with Crippen LogP contribution in [0.25, 0.3) is 11.1 Å². The standard InChI is InChI=1S/C33H48N10O6/c1-20(40-30(47)23-14-12-22(13-15-23)21-8-3-2-4-9-21)29(46)42-25(11-7-19-39-33(37)38)31(48)43-26(16-17-27(35)44)32(49)41-24(28(36)45)10-5-6-18-34/h2-4,8-9,12-15,20,24-26H,5-7,10-11,16-19,34H2,1H3,(H2,35,44)(H2,36,45)(H,40,47)(H,41,49)(H,42,46)(H,43,48)(H4,37,38,39)/t20-,24-,25-,26-/m0/s1. The highest BCUT2D eigenvalue weighted by Gasteiger charge is 2.30. The van der Waals surface area contributed by atoms with Crippen LogP contribution in [0.5, 0.6) is 0 Å². The zero-order valence-corrected chi connectivity index (χ0v) is 27.7. The van der Waals surface area contributed by atoms with Crippen LogP contribution in [0.3, 0.4) is 0 Å². The molecule has 14 N–H and O–H groups in total. The average Bonchev–Trinajstić information content (AvgIpc) is 3.07. The second-order valence-corrected chi connectivity index (χ2v) is 11.5. The number of primary amides is 2. The van der Waals surface area contributed by atoms with E-state index in [1.165, 1.54) is 6.92 Å². The van der Waals surface area contributed by atoms with E-state index in [9.17, 15) is 28.8 Å². The lowest BCUT2D eigenvalue weighted by molar-refractivity contribution is -0.134. The Kier molecular flexibility index (Phi) is 16.7. The number of hydrogen-bond donors (Lipinski definition) is 9. The molecule has 266 valence electrons. The summed E-state index contributed by atoms with van der Waals surface area (Å²) in [5, 5.41) is 10.3. The summed E-state index contributed by atoms with van der Waals surface area (Å²) in [6, 6.07) is 11.9. The number of nitrogens with one attached hydrogen (secondary N) is 4. The third kappa shape index (κ3) is 14.4. The van der Waals surface area contributed by atoms with Gasteiger partial charge in [-0.3, -0.25) is 33.8 Å². The number of guanidine groups is 1. The van der Waals surface area contributed by atoms with Crippen LogP contribution in [0.4, 0.5) is 0 Å².